The Morgan fingerprint density at radius 3 is 2.72 bits per heavy atom. The van der Waals surface area contributed by atoms with E-state index in [1.807, 2.05) is 0 Å². The Kier molecular flexibility index (Phi) is 5.68. The summed E-state index contributed by atoms with van der Waals surface area (Å²) in [6.45, 7) is -0.483. The smallest absolute Gasteiger partial charge is 0.363 e. The molecule has 0 aliphatic carbocycles. The van der Waals surface area contributed by atoms with Gasteiger partial charge < -0.3 is 10.2 Å². The van der Waals surface area contributed by atoms with Crippen LogP contribution < -0.4 is 15.8 Å². The van der Waals surface area contributed by atoms with E-state index in [4.69, 9.17) is 11.6 Å². The van der Waals surface area contributed by atoms with Gasteiger partial charge in [0.05, 0.1) is 24.0 Å². The van der Waals surface area contributed by atoms with E-state index < -0.39 is 23.2 Å². The maximum absolute atomic E-state index is 12.9. The van der Waals surface area contributed by atoms with Crippen LogP contribution in [0.15, 0.2) is 35.3 Å². The summed E-state index contributed by atoms with van der Waals surface area (Å²) in [5.41, 5.74) is -1.21. The van der Waals surface area contributed by atoms with Gasteiger partial charge in [0.15, 0.2) is 0 Å². The molecule has 2 rings (SSSR count). The first-order chi connectivity index (χ1) is 11.7. The highest BCUT2D eigenvalue weighted by Crippen LogP contribution is 2.31. The zero-order valence-electron chi connectivity index (χ0n) is 13.0. The van der Waals surface area contributed by atoms with Crippen LogP contribution in [0.4, 0.5) is 18.9 Å². The Bertz CT molecular complexity index is 823. The maximum Gasteiger partial charge on any atom is 0.416 e. The number of nitrogens with one attached hydrogen (secondary N) is 2. The van der Waals surface area contributed by atoms with Gasteiger partial charge in [-0.05, 0) is 11.6 Å². The van der Waals surface area contributed by atoms with Crippen molar-refractivity contribution in [1.82, 2.24) is 15.5 Å². The van der Waals surface area contributed by atoms with Crippen molar-refractivity contribution in [2.24, 2.45) is 0 Å². The second-order valence-electron chi connectivity index (χ2n) is 5.19. The molecule has 10 heteroatoms. The van der Waals surface area contributed by atoms with Gasteiger partial charge >= 0.3 is 6.18 Å². The number of rotatable bonds is 5. The molecule has 0 aliphatic rings. The first-order valence-corrected chi connectivity index (χ1v) is 7.44. The largest absolute Gasteiger partial charge is 0.416 e. The van der Waals surface area contributed by atoms with E-state index in [1.165, 1.54) is 36.3 Å². The fourth-order valence-electron chi connectivity index (χ4n) is 2.14. The van der Waals surface area contributed by atoms with E-state index in [-0.39, 0.29) is 29.4 Å². The van der Waals surface area contributed by atoms with Crippen molar-refractivity contribution >= 4 is 23.2 Å². The van der Waals surface area contributed by atoms with Gasteiger partial charge in [-0.3, -0.25) is 9.59 Å². The van der Waals surface area contributed by atoms with Crippen LogP contribution >= 0.6 is 11.6 Å². The summed E-state index contributed by atoms with van der Waals surface area (Å²) >= 11 is 5.83. The Hall–Kier alpha value is -2.55. The number of benzene rings is 1. The Morgan fingerprint density at radius 1 is 1.36 bits per heavy atom. The van der Waals surface area contributed by atoms with E-state index in [2.05, 4.69) is 15.5 Å². The molecular weight excluding hydrogens is 361 g/mol. The first-order valence-electron chi connectivity index (χ1n) is 7.06. The van der Waals surface area contributed by atoms with Gasteiger partial charge in [-0.15, -0.1) is 0 Å². The van der Waals surface area contributed by atoms with Gasteiger partial charge in [-0.2, -0.15) is 18.3 Å². The first kappa shape index (κ1) is 18.8. The van der Waals surface area contributed by atoms with Crippen molar-refractivity contribution in [3.63, 3.8) is 0 Å². The molecule has 1 heterocycles. The van der Waals surface area contributed by atoms with E-state index in [9.17, 15) is 22.8 Å². The van der Waals surface area contributed by atoms with Gasteiger partial charge in [0, 0.05) is 13.6 Å². The highest BCUT2D eigenvalue weighted by Gasteiger charge is 2.32. The molecule has 0 radical (unpaired) electrons. The van der Waals surface area contributed by atoms with Crippen molar-refractivity contribution in [1.29, 1.82) is 0 Å². The standard InChI is InChI=1S/C15H14ClF3N4O2/c1-23(11-7-21-22-14(25)13(11)16)8-12(24)20-6-9-4-2-3-5-10(9)15(17,18)19/h2-5,7H,6,8H2,1H3,(H,20,24)(H,22,25). The number of nitrogens with zero attached hydrogens (tertiary/aromatic N) is 2. The second-order valence-corrected chi connectivity index (χ2v) is 5.56. The van der Waals surface area contributed by atoms with Crippen molar-refractivity contribution in [3.8, 4) is 0 Å². The lowest BCUT2D eigenvalue weighted by Gasteiger charge is -2.19. The third-order valence-corrected chi connectivity index (χ3v) is 3.73. The third kappa shape index (κ3) is 4.72. The van der Waals surface area contributed by atoms with Crippen LogP contribution in [-0.2, 0) is 17.5 Å². The summed E-state index contributed by atoms with van der Waals surface area (Å²) in [6.07, 6.45) is -3.22. The lowest BCUT2D eigenvalue weighted by Crippen LogP contribution is -2.36. The van der Waals surface area contributed by atoms with E-state index in [0.29, 0.717) is 0 Å². The fourth-order valence-corrected chi connectivity index (χ4v) is 2.38. The number of carbonyl (C=O) groups is 1. The number of carbonyl (C=O) groups excluding carboxylic acids is 1. The number of likely N-dealkylation sites (N-methyl/N-ethyl adjacent to an activating group) is 1. The molecule has 1 aromatic heterocycles. The number of anilines is 1. The predicted molar refractivity (Wildman–Crippen MR) is 86.4 cm³/mol. The molecule has 25 heavy (non-hydrogen) atoms. The highest BCUT2D eigenvalue weighted by atomic mass is 35.5. The molecule has 6 nitrogen and oxygen atoms in total. The summed E-state index contributed by atoms with van der Waals surface area (Å²) in [7, 11) is 1.51. The summed E-state index contributed by atoms with van der Waals surface area (Å²) < 4.78 is 38.7. The normalized spacial score (nSPS) is 11.2. The van der Waals surface area contributed by atoms with E-state index in [1.54, 1.807) is 0 Å². The molecule has 134 valence electrons. The second kappa shape index (κ2) is 7.56. The van der Waals surface area contributed by atoms with Gasteiger partial charge in [0.25, 0.3) is 5.56 Å². The van der Waals surface area contributed by atoms with Crippen LogP contribution in [0.2, 0.25) is 5.02 Å². The Balaban J connectivity index is 2.02. The van der Waals surface area contributed by atoms with Crippen LogP contribution in [0.1, 0.15) is 11.1 Å². The van der Waals surface area contributed by atoms with Crippen molar-refractivity contribution in [2.45, 2.75) is 12.7 Å². The molecule has 2 N–H and O–H groups in total. The number of halogens is 4. The molecule has 0 saturated heterocycles. The minimum absolute atomic E-state index is 0.0399. The summed E-state index contributed by atoms with van der Waals surface area (Å²) in [5.74, 6) is -0.532. The maximum atomic E-state index is 12.9. The molecule has 1 aromatic carbocycles. The third-order valence-electron chi connectivity index (χ3n) is 3.37. The quantitative estimate of drug-likeness (QED) is 0.841. The molecule has 0 aliphatic heterocycles. The molecule has 0 spiro atoms. The molecule has 1 amide bonds. The molecule has 0 fully saturated rings. The number of amides is 1. The Labute approximate surface area is 145 Å². The SMILES string of the molecule is CN(CC(=O)NCc1ccccc1C(F)(F)F)c1cn[nH]c(=O)c1Cl. The van der Waals surface area contributed by atoms with Crippen molar-refractivity contribution in [2.75, 3.05) is 18.5 Å². The average molecular weight is 375 g/mol. The zero-order chi connectivity index (χ0) is 18.6. The Morgan fingerprint density at radius 2 is 2.04 bits per heavy atom. The molecule has 2 aromatic rings. The minimum atomic E-state index is -4.50. The minimum Gasteiger partial charge on any atom is -0.363 e. The van der Waals surface area contributed by atoms with Gasteiger partial charge in [0.2, 0.25) is 5.91 Å². The predicted octanol–water partition coefficient (Wildman–Crippen LogP) is 2.19. The molecule has 0 atom stereocenters. The summed E-state index contributed by atoms with van der Waals surface area (Å²) in [5, 5.41) is 8.01. The number of aromatic nitrogens is 2. The average Bonchev–Trinajstić information content (AvgIpc) is 2.54. The van der Waals surface area contributed by atoms with Crippen LogP contribution in [0.25, 0.3) is 0 Å². The summed E-state index contributed by atoms with van der Waals surface area (Å²) in [6, 6.07) is 4.99. The lowest BCUT2D eigenvalue weighted by atomic mass is 10.1. The van der Waals surface area contributed by atoms with Crippen LogP contribution in [0, 0.1) is 0 Å². The zero-order valence-corrected chi connectivity index (χ0v) is 13.8. The van der Waals surface area contributed by atoms with Gasteiger partial charge in [0.1, 0.15) is 5.02 Å². The lowest BCUT2D eigenvalue weighted by molar-refractivity contribution is -0.138. The number of hydrogen-bond donors (Lipinski definition) is 2. The highest BCUT2D eigenvalue weighted by molar-refractivity contribution is 6.33. The monoisotopic (exact) mass is 374 g/mol. The molecule has 0 saturated carbocycles. The summed E-state index contributed by atoms with van der Waals surface area (Å²) in [4.78, 5) is 24.7. The van der Waals surface area contributed by atoms with Crippen molar-refractivity contribution < 1.29 is 18.0 Å². The fraction of sp³-hybridized carbons (Fsp3) is 0.267. The molecule has 0 bridgehead atoms. The molecule has 0 unspecified atom stereocenters. The van der Waals surface area contributed by atoms with Gasteiger partial charge in [-0.25, -0.2) is 5.10 Å². The van der Waals surface area contributed by atoms with Gasteiger partial charge in [-0.1, -0.05) is 29.8 Å². The van der Waals surface area contributed by atoms with Crippen LogP contribution in [0.5, 0.6) is 0 Å². The van der Waals surface area contributed by atoms with E-state index >= 15 is 0 Å². The number of alkyl halides is 3. The topological polar surface area (TPSA) is 78.1 Å². The molecular formula is C15H14ClF3N4O2. The number of aromatic amines is 1. The van der Waals surface area contributed by atoms with Crippen LogP contribution in [0.3, 0.4) is 0 Å². The van der Waals surface area contributed by atoms with Crippen molar-refractivity contribution in [3.05, 3.63) is 57.0 Å². The number of hydrogen-bond acceptors (Lipinski definition) is 4. The number of H-pyrrole nitrogens is 1. The van der Waals surface area contributed by atoms with Crippen LogP contribution in [-0.4, -0.2) is 29.7 Å². The van der Waals surface area contributed by atoms with E-state index in [0.717, 1.165) is 6.07 Å².